The third-order valence-corrected chi connectivity index (χ3v) is 4.16. The lowest BCUT2D eigenvalue weighted by molar-refractivity contribution is 0.0697. The molecule has 1 aromatic rings. The Bertz CT molecular complexity index is 414. The molecule has 0 aliphatic carbocycles. The number of carbonyl (C=O) groups is 1. The van der Waals surface area contributed by atoms with Crippen LogP contribution in [0.2, 0.25) is 0 Å². The summed E-state index contributed by atoms with van der Waals surface area (Å²) in [5, 5.41) is 8.95. The SMILES string of the molecule is CCCP(=O)(O)c1cccc(C(=O)O)c1. The topological polar surface area (TPSA) is 74.6 Å². The first-order valence-corrected chi connectivity index (χ1v) is 6.47. The van der Waals surface area contributed by atoms with Gasteiger partial charge in [0, 0.05) is 11.5 Å². The molecule has 1 atom stereocenters. The molecule has 0 spiro atoms. The second-order valence-electron chi connectivity index (χ2n) is 3.28. The molecule has 0 aliphatic rings. The third kappa shape index (κ3) is 2.91. The van der Waals surface area contributed by atoms with E-state index in [2.05, 4.69) is 0 Å². The zero-order valence-corrected chi connectivity index (χ0v) is 9.28. The Balaban J connectivity index is 3.10. The van der Waals surface area contributed by atoms with E-state index in [1.807, 2.05) is 6.92 Å². The highest BCUT2D eigenvalue weighted by Gasteiger charge is 2.20. The van der Waals surface area contributed by atoms with Crippen molar-refractivity contribution in [2.45, 2.75) is 13.3 Å². The Hall–Kier alpha value is -1.12. The van der Waals surface area contributed by atoms with Gasteiger partial charge >= 0.3 is 5.97 Å². The van der Waals surface area contributed by atoms with E-state index in [-0.39, 0.29) is 17.0 Å². The fourth-order valence-corrected chi connectivity index (χ4v) is 2.81. The fraction of sp³-hybridized carbons (Fsp3) is 0.300. The van der Waals surface area contributed by atoms with Gasteiger partial charge in [0.2, 0.25) is 7.37 Å². The monoisotopic (exact) mass is 228 g/mol. The minimum absolute atomic E-state index is 0.0397. The summed E-state index contributed by atoms with van der Waals surface area (Å²) in [5.41, 5.74) is 0.0397. The summed E-state index contributed by atoms with van der Waals surface area (Å²) < 4.78 is 11.8. The summed E-state index contributed by atoms with van der Waals surface area (Å²) in [7, 11) is -3.37. The van der Waals surface area contributed by atoms with Gasteiger partial charge in [-0.05, 0) is 24.6 Å². The van der Waals surface area contributed by atoms with Crippen LogP contribution in [0.1, 0.15) is 23.7 Å². The van der Waals surface area contributed by atoms with Gasteiger partial charge in [-0.25, -0.2) is 4.79 Å². The number of benzene rings is 1. The molecule has 0 heterocycles. The maximum absolute atomic E-state index is 11.8. The second-order valence-corrected chi connectivity index (χ2v) is 5.65. The van der Waals surface area contributed by atoms with Crippen molar-refractivity contribution in [3.05, 3.63) is 29.8 Å². The van der Waals surface area contributed by atoms with Gasteiger partial charge in [0.05, 0.1) is 5.56 Å². The maximum atomic E-state index is 11.8. The molecule has 0 aromatic heterocycles. The van der Waals surface area contributed by atoms with E-state index in [9.17, 15) is 14.3 Å². The minimum atomic E-state index is -3.37. The second kappa shape index (κ2) is 4.60. The molecule has 0 fully saturated rings. The van der Waals surface area contributed by atoms with Crippen LogP contribution in [0.5, 0.6) is 0 Å². The molecule has 0 saturated carbocycles. The Morgan fingerprint density at radius 2 is 2.13 bits per heavy atom. The number of aromatic carboxylic acids is 1. The number of rotatable bonds is 4. The molecule has 0 amide bonds. The molecule has 15 heavy (non-hydrogen) atoms. The maximum Gasteiger partial charge on any atom is 0.335 e. The van der Waals surface area contributed by atoms with Crippen LogP contribution in [0.4, 0.5) is 0 Å². The number of carboxylic acid groups (broad SMARTS) is 1. The first-order valence-electron chi connectivity index (χ1n) is 4.63. The van der Waals surface area contributed by atoms with Crippen LogP contribution in [0, 0.1) is 0 Å². The molecule has 0 saturated heterocycles. The van der Waals surface area contributed by atoms with Crippen LogP contribution in [-0.2, 0) is 4.57 Å². The zero-order valence-electron chi connectivity index (χ0n) is 8.38. The average molecular weight is 228 g/mol. The summed E-state index contributed by atoms with van der Waals surface area (Å²) >= 11 is 0. The summed E-state index contributed by atoms with van der Waals surface area (Å²) in [6.07, 6.45) is 0.765. The Kier molecular flexibility index (Phi) is 3.66. The number of hydrogen-bond acceptors (Lipinski definition) is 2. The Morgan fingerprint density at radius 3 is 2.67 bits per heavy atom. The highest BCUT2D eigenvalue weighted by Crippen LogP contribution is 2.39. The van der Waals surface area contributed by atoms with E-state index in [1.165, 1.54) is 24.3 Å². The van der Waals surface area contributed by atoms with Gasteiger partial charge in [-0.1, -0.05) is 13.0 Å². The summed E-state index contributed by atoms with van der Waals surface area (Å²) in [4.78, 5) is 20.3. The van der Waals surface area contributed by atoms with Crippen LogP contribution in [-0.4, -0.2) is 22.1 Å². The van der Waals surface area contributed by atoms with Gasteiger partial charge < -0.3 is 10.00 Å². The van der Waals surface area contributed by atoms with E-state index in [0.29, 0.717) is 6.42 Å². The lowest BCUT2D eigenvalue weighted by Gasteiger charge is -2.10. The fourth-order valence-electron chi connectivity index (χ4n) is 1.29. The van der Waals surface area contributed by atoms with Crippen molar-refractivity contribution in [2.24, 2.45) is 0 Å². The van der Waals surface area contributed by atoms with Crippen molar-refractivity contribution in [1.29, 1.82) is 0 Å². The van der Waals surface area contributed by atoms with Gasteiger partial charge in [-0.2, -0.15) is 0 Å². The highest BCUT2D eigenvalue weighted by atomic mass is 31.2. The molecule has 4 nitrogen and oxygen atoms in total. The van der Waals surface area contributed by atoms with Crippen molar-refractivity contribution in [1.82, 2.24) is 0 Å². The average Bonchev–Trinajstić information content (AvgIpc) is 2.18. The normalized spacial score (nSPS) is 14.5. The van der Waals surface area contributed by atoms with E-state index in [1.54, 1.807) is 0 Å². The van der Waals surface area contributed by atoms with Gasteiger partial charge in [0.1, 0.15) is 0 Å². The number of hydrogen-bond donors (Lipinski definition) is 2. The van der Waals surface area contributed by atoms with Gasteiger partial charge in [-0.3, -0.25) is 4.57 Å². The molecule has 1 unspecified atom stereocenters. The van der Waals surface area contributed by atoms with Crippen LogP contribution >= 0.6 is 7.37 Å². The predicted molar refractivity (Wildman–Crippen MR) is 58.0 cm³/mol. The minimum Gasteiger partial charge on any atom is -0.478 e. The summed E-state index contributed by atoms with van der Waals surface area (Å²) in [6.45, 7) is 1.81. The number of carboxylic acids is 1. The van der Waals surface area contributed by atoms with Crippen LogP contribution in [0.25, 0.3) is 0 Å². The summed E-state index contributed by atoms with van der Waals surface area (Å²) in [6, 6.07) is 5.64. The first kappa shape index (κ1) is 12.0. The van der Waals surface area contributed by atoms with Crippen molar-refractivity contribution in [2.75, 3.05) is 6.16 Å². The van der Waals surface area contributed by atoms with Gasteiger partial charge in [0.25, 0.3) is 0 Å². The molecule has 5 heteroatoms. The van der Waals surface area contributed by atoms with E-state index >= 15 is 0 Å². The molecule has 0 aliphatic heterocycles. The third-order valence-electron chi connectivity index (χ3n) is 2.02. The highest BCUT2D eigenvalue weighted by molar-refractivity contribution is 7.66. The van der Waals surface area contributed by atoms with Gasteiger partial charge in [-0.15, -0.1) is 0 Å². The standard InChI is InChI=1S/C10H13O4P/c1-2-6-15(13,14)9-5-3-4-8(7-9)10(11)12/h3-5,7H,2,6H2,1H3,(H,11,12)(H,13,14). The van der Waals surface area contributed by atoms with Crippen LogP contribution < -0.4 is 5.30 Å². The van der Waals surface area contributed by atoms with Crippen molar-refractivity contribution < 1.29 is 19.4 Å². The van der Waals surface area contributed by atoms with E-state index in [4.69, 9.17) is 5.11 Å². The molecular weight excluding hydrogens is 215 g/mol. The largest absolute Gasteiger partial charge is 0.478 e. The van der Waals surface area contributed by atoms with E-state index in [0.717, 1.165) is 0 Å². The molecule has 0 bridgehead atoms. The summed E-state index contributed by atoms with van der Waals surface area (Å²) in [5.74, 6) is -1.09. The Labute approximate surface area is 88.0 Å². The van der Waals surface area contributed by atoms with Crippen molar-refractivity contribution in [3.8, 4) is 0 Å². The zero-order chi connectivity index (χ0) is 11.5. The van der Waals surface area contributed by atoms with Crippen LogP contribution in [0.3, 0.4) is 0 Å². The lowest BCUT2D eigenvalue weighted by atomic mass is 10.2. The quantitative estimate of drug-likeness (QED) is 0.769. The van der Waals surface area contributed by atoms with Crippen LogP contribution in [0.15, 0.2) is 24.3 Å². The molecule has 1 rings (SSSR count). The smallest absolute Gasteiger partial charge is 0.335 e. The first-order chi connectivity index (χ1) is 6.97. The molecule has 2 N–H and O–H groups in total. The van der Waals surface area contributed by atoms with E-state index < -0.39 is 13.3 Å². The molecular formula is C10H13O4P. The lowest BCUT2D eigenvalue weighted by Crippen LogP contribution is -2.09. The van der Waals surface area contributed by atoms with Gasteiger partial charge in [0.15, 0.2) is 0 Å². The van der Waals surface area contributed by atoms with Crippen molar-refractivity contribution in [3.63, 3.8) is 0 Å². The van der Waals surface area contributed by atoms with Crippen molar-refractivity contribution >= 4 is 18.6 Å². The Morgan fingerprint density at radius 1 is 1.47 bits per heavy atom. The molecule has 0 radical (unpaired) electrons. The molecule has 82 valence electrons. The predicted octanol–water partition coefficient (Wildman–Crippen LogP) is 1.69. The molecule has 1 aromatic carbocycles.